The Morgan fingerprint density at radius 3 is 2.85 bits per heavy atom. The molecular weight excluding hydrogens is 188 g/mol. The molecule has 0 saturated carbocycles. The van der Waals surface area contributed by atoms with E-state index in [1.54, 1.807) is 12.5 Å². The molecule has 2 rings (SSSR count). The third-order valence-electron chi connectivity index (χ3n) is 1.75. The van der Waals surface area contributed by atoms with Crippen molar-refractivity contribution in [3.05, 3.63) is 17.3 Å². The maximum atomic E-state index is 5.64. The summed E-state index contributed by atoms with van der Waals surface area (Å²) in [4.78, 5) is 3.95. The van der Waals surface area contributed by atoms with Crippen molar-refractivity contribution in [1.82, 2.24) is 24.4 Å². The Kier molecular flexibility index (Phi) is 1.66. The molecule has 0 saturated heterocycles. The Balaban J connectivity index is 2.65. The van der Waals surface area contributed by atoms with Crippen molar-refractivity contribution in [2.75, 3.05) is 5.84 Å². The van der Waals surface area contributed by atoms with E-state index in [0.717, 1.165) is 5.69 Å². The maximum Gasteiger partial charge on any atom is 0.214 e. The Bertz CT molecular complexity index is 477. The van der Waals surface area contributed by atoms with Gasteiger partial charge in [-0.25, -0.2) is 14.8 Å². The smallest absolute Gasteiger partial charge is 0.214 e. The minimum Gasteiger partial charge on any atom is -0.335 e. The molecule has 0 bridgehead atoms. The molecule has 0 unspecified atom stereocenters. The number of hydrogen-bond acceptors (Lipinski definition) is 4. The lowest BCUT2D eigenvalue weighted by molar-refractivity contribution is 0.891. The predicted octanol–water partition coefficient (Wildman–Crippen LogP) is 0.0550. The van der Waals surface area contributed by atoms with Gasteiger partial charge in [-0.15, -0.1) is 0 Å². The highest BCUT2D eigenvalue weighted by Gasteiger charge is 2.09. The Morgan fingerprint density at radius 2 is 2.38 bits per heavy atom. The standard InChI is InChI=1S/C6H8N6S/c1-11-3-8-2-4(11)5-9-10-6(13)12(5)7/h2-3H,7H2,1H3,(H,10,13). The number of nitrogens with one attached hydrogen (secondary N) is 1. The molecule has 0 fully saturated rings. The summed E-state index contributed by atoms with van der Waals surface area (Å²) >= 11 is 4.88. The summed E-state index contributed by atoms with van der Waals surface area (Å²) in [6.07, 6.45) is 3.35. The van der Waals surface area contributed by atoms with Crippen molar-refractivity contribution < 1.29 is 0 Å². The van der Waals surface area contributed by atoms with Crippen LogP contribution in [0.5, 0.6) is 0 Å². The van der Waals surface area contributed by atoms with Crippen molar-refractivity contribution in [1.29, 1.82) is 0 Å². The molecule has 13 heavy (non-hydrogen) atoms. The number of nitrogens with two attached hydrogens (primary N) is 1. The molecule has 0 amide bonds. The number of aromatic nitrogens is 5. The predicted molar refractivity (Wildman–Crippen MR) is 49.8 cm³/mol. The number of rotatable bonds is 1. The number of aryl methyl sites for hydroxylation is 1. The second-order valence-corrected chi connectivity index (χ2v) is 3.00. The first-order valence-electron chi connectivity index (χ1n) is 3.59. The van der Waals surface area contributed by atoms with Gasteiger partial charge >= 0.3 is 0 Å². The molecule has 0 atom stereocenters. The first-order valence-corrected chi connectivity index (χ1v) is 4.00. The van der Waals surface area contributed by atoms with Gasteiger partial charge in [-0.05, 0) is 12.2 Å². The SMILES string of the molecule is Cn1cncc1-c1n[nH]c(=S)n1N. The van der Waals surface area contributed by atoms with Gasteiger partial charge < -0.3 is 10.4 Å². The lowest BCUT2D eigenvalue weighted by atomic mass is 10.4. The number of imidazole rings is 1. The van der Waals surface area contributed by atoms with E-state index in [2.05, 4.69) is 15.2 Å². The third kappa shape index (κ3) is 1.13. The summed E-state index contributed by atoms with van der Waals surface area (Å²) in [5.41, 5.74) is 0.815. The number of nitrogen functional groups attached to an aromatic ring is 1. The van der Waals surface area contributed by atoms with Crippen molar-refractivity contribution in [2.24, 2.45) is 7.05 Å². The fourth-order valence-electron chi connectivity index (χ4n) is 1.06. The average molecular weight is 196 g/mol. The van der Waals surface area contributed by atoms with Gasteiger partial charge in [0.1, 0.15) is 5.69 Å². The Hall–Kier alpha value is -1.63. The summed E-state index contributed by atoms with van der Waals surface area (Å²) in [6.45, 7) is 0. The molecule has 0 aromatic carbocycles. The van der Waals surface area contributed by atoms with Gasteiger partial charge in [0.05, 0.1) is 12.5 Å². The summed E-state index contributed by atoms with van der Waals surface area (Å²) in [6, 6.07) is 0. The molecule has 0 aliphatic rings. The van der Waals surface area contributed by atoms with Crippen LogP contribution in [0.3, 0.4) is 0 Å². The first kappa shape index (κ1) is 7.99. The van der Waals surface area contributed by atoms with Gasteiger partial charge in [0.2, 0.25) is 4.77 Å². The van der Waals surface area contributed by atoms with E-state index in [1.165, 1.54) is 4.68 Å². The van der Waals surface area contributed by atoms with Crippen LogP contribution in [0.15, 0.2) is 12.5 Å². The summed E-state index contributed by atoms with van der Waals surface area (Å²) in [5, 5.41) is 6.58. The minimum atomic E-state index is 0.385. The van der Waals surface area contributed by atoms with Crippen LogP contribution >= 0.6 is 12.2 Å². The van der Waals surface area contributed by atoms with E-state index >= 15 is 0 Å². The molecule has 6 nitrogen and oxygen atoms in total. The quantitative estimate of drug-likeness (QED) is 0.499. The third-order valence-corrected chi connectivity index (χ3v) is 2.04. The van der Waals surface area contributed by atoms with Crippen LogP contribution in [-0.2, 0) is 7.05 Å². The van der Waals surface area contributed by atoms with Gasteiger partial charge in [-0.2, -0.15) is 5.10 Å². The molecule has 0 aliphatic carbocycles. The van der Waals surface area contributed by atoms with Gasteiger partial charge in [-0.3, -0.25) is 0 Å². The molecule has 2 aromatic rings. The number of hydrogen-bond donors (Lipinski definition) is 2. The second kappa shape index (κ2) is 2.70. The highest BCUT2D eigenvalue weighted by atomic mass is 32.1. The van der Waals surface area contributed by atoms with Crippen molar-refractivity contribution in [3.63, 3.8) is 0 Å². The first-order chi connectivity index (χ1) is 6.20. The molecule has 2 aromatic heterocycles. The molecule has 68 valence electrons. The lowest BCUT2D eigenvalue weighted by Gasteiger charge is -1.99. The number of nitrogens with zero attached hydrogens (tertiary/aromatic N) is 4. The largest absolute Gasteiger partial charge is 0.335 e. The Labute approximate surface area is 79.0 Å². The highest BCUT2D eigenvalue weighted by molar-refractivity contribution is 7.71. The monoisotopic (exact) mass is 196 g/mol. The van der Waals surface area contributed by atoms with Crippen molar-refractivity contribution in [3.8, 4) is 11.5 Å². The van der Waals surface area contributed by atoms with Crippen LogP contribution in [-0.4, -0.2) is 24.4 Å². The summed E-state index contributed by atoms with van der Waals surface area (Å²) in [5.74, 6) is 6.21. The minimum absolute atomic E-state index is 0.385. The van der Waals surface area contributed by atoms with Crippen LogP contribution < -0.4 is 5.84 Å². The molecular formula is C6H8N6S. The van der Waals surface area contributed by atoms with Crippen LogP contribution in [0, 0.1) is 4.77 Å². The molecule has 3 N–H and O–H groups in total. The fraction of sp³-hybridized carbons (Fsp3) is 0.167. The molecule has 0 spiro atoms. The van der Waals surface area contributed by atoms with Crippen LogP contribution in [0.25, 0.3) is 11.5 Å². The van der Waals surface area contributed by atoms with Crippen molar-refractivity contribution in [2.45, 2.75) is 0 Å². The van der Waals surface area contributed by atoms with E-state index in [4.69, 9.17) is 18.1 Å². The van der Waals surface area contributed by atoms with E-state index in [9.17, 15) is 0 Å². The summed E-state index contributed by atoms with van der Waals surface area (Å²) in [7, 11) is 1.86. The lowest BCUT2D eigenvalue weighted by Crippen LogP contribution is -2.11. The zero-order valence-corrected chi connectivity index (χ0v) is 7.75. The van der Waals surface area contributed by atoms with E-state index in [0.29, 0.717) is 10.6 Å². The zero-order valence-electron chi connectivity index (χ0n) is 6.93. The number of H-pyrrole nitrogens is 1. The van der Waals surface area contributed by atoms with E-state index < -0.39 is 0 Å². The molecule has 2 heterocycles. The van der Waals surface area contributed by atoms with Gasteiger partial charge in [0.25, 0.3) is 0 Å². The average Bonchev–Trinajstić information content (AvgIpc) is 2.62. The molecule has 0 aliphatic heterocycles. The second-order valence-electron chi connectivity index (χ2n) is 2.61. The summed E-state index contributed by atoms with van der Waals surface area (Å²) < 4.78 is 3.51. The van der Waals surface area contributed by atoms with Crippen LogP contribution in [0.1, 0.15) is 0 Å². The number of aromatic amines is 1. The zero-order chi connectivity index (χ0) is 9.42. The molecule has 0 radical (unpaired) electrons. The van der Waals surface area contributed by atoms with E-state index in [-0.39, 0.29) is 0 Å². The normalized spacial score (nSPS) is 10.5. The maximum absolute atomic E-state index is 5.64. The Morgan fingerprint density at radius 1 is 1.62 bits per heavy atom. The highest BCUT2D eigenvalue weighted by Crippen LogP contribution is 2.12. The van der Waals surface area contributed by atoms with Gasteiger partial charge in [-0.1, -0.05) is 0 Å². The van der Waals surface area contributed by atoms with E-state index in [1.807, 2.05) is 11.6 Å². The van der Waals surface area contributed by atoms with Gasteiger partial charge in [0.15, 0.2) is 5.82 Å². The topological polar surface area (TPSA) is 77.5 Å². The van der Waals surface area contributed by atoms with Crippen LogP contribution in [0.2, 0.25) is 0 Å². The van der Waals surface area contributed by atoms with Crippen molar-refractivity contribution >= 4 is 12.2 Å². The van der Waals surface area contributed by atoms with Gasteiger partial charge in [0, 0.05) is 7.05 Å². The molecule has 7 heteroatoms. The fourth-order valence-corrected chi connectivity index (χ4v) is 1.19. The van der Waals surface area contributed by atoms with Crippen LogP contribution in [0.4, 0.5) is 0 Å².